The lowest BCUT2D eigenvalue weighted by Gasteiger charge is -2.36. The zero-order valence-corrected chi connectivity index (χ0v) is 11.4. The zero-order valence-electron chi connectivity index (χ0n) is 11.4. The van der Waals surface area contributed by atoms with E-state index in [-0.39, 0.29) is 5.91 Å². The zero-order chi connectivity index (χ0) is 13.7. The maximum Gasteiger partial charge on any atom is 0.240 e. The number of nitrogens with one attached hydrogen (secondary N) is 1. The molecule has 0 heterocycles. The molecule has 1 amide bonds. The van der Waals surface area contributed by atoms with Gasteiger partial charge in [-0.1, -0.05) is 24.3 Å². The summed E-state index contributed by atoms with van der Waals surface area (Å²) in [6.07, 6.45) is 2.63. The molecule has 4 heteroatoms. The first kappa shape index (κ1) is 14.0. The lowest BCUT2D eigenvalue weighted by Crippen LogP contribution is -2.58. The van der Waals surface area contributed by atoms with Crippen molar-refractivity contribution in [2.75, 3.05) is 6.61 Å². The number of hydrogen-bond acceptors (Lipinski definition) is 3. The van der Waals surface area contributed by atoms with E-state index in [1.165, 1.54) is 0 Å². The van der Waals surface area contributed by atoms with Gasteiger partial charge in [0, 0.05) is 13.2 Å². The second kappa shape index (κ2) is 6.17. The van der Waals surface area contributed by atoms with Crippen LogP contribution >= 0.6 is 0 Å². The summed E-state index contributed by atoms with van der Waals surface area (Å²) in [5.41, 5.74) is 7.57. The van der Waals surface area contributed by atoms with Gasteiger partial charge in [-0.25, -0.2) is 0 Å². The van der Waals surface area contributed by atoms with Crippen molar-refractivity contribution in [3.63, 3.8) is 0 Å². The molecule has 1 aromatic carbocycles. The molecule has 1 aliphatic rings. The molecule has 0 radical (unpaired) electrons. The topological polar surface area (TPSA) is 64.3 Å². The Bertz CT molecular complexity index is 442. The molecular weight excluding hydrogens is 240 g/mol. The summed E-state index contributed by atoms with van der Waals surface area (Å²) in [7, 11) is 0. The van der Waals surface area contributed by atoms with Gasteiger partial charge in [0.2, 0.25) is 5.91 Å². The molecule has 2 rings (SSSR count). The van der Waals surface area contributed by atoms with Crippen LogP contribution in [0, 0.1) is 0 Å². The first-order chi connectivity index (χ1) is 9.15. The summed E-state index contributed by atoms with van der Waals surface area (Å²) in [4.78, 5) is 12.0. The van der Waals surface area contributed by atoms with E-state index in [1.54, 1.807) is 0 Å². The van der Waals surface area contributed by atoms with Gasteiger partial charge in [0.25, 0.3) is 0 Å². The fourth-order valence-corrected chi connectivity index (χ4v) is 2.22. The van der Waals surface area contributed by atoms with Gasteiger partial charge in [0.1, 0.15) is 0 Å². The highest BCUT2D eigenvalue weighted by molar-refractivity contribution is 5.86. The van der Waals surface area contributed by atoms with Gasteiger partial charge in [-0.3, -0.25) is 4.79 Å². The quantitative estimate of drug-likeness (QED) is 0.820. The number of amides is 1. The average Bonchev–Trinajstić information content (AvgIpc) is 2.40. The maximum absolute atomic E-state index is 12.0. The van der Waals surface area contributed by atoms with Gasteiger partial charge < -0.3 is 15.8 Å². The van der Waals surface area contributed by atoms with Crippen LogP contribution in [0.25, 0.3) is 0 Å². The average molecular weight is 262 g/mol. The van der Waals surface area contributed by atoms with Gasteiger partial charge in [-0.2, -0.15) is 0 Å². The molecule has 3 N–H and O–H groups in total. The van der Waals surface area contributed by atoms with Crippen LogP contribution in [0.4, 0.5) is 0 Å². The van der Waals surface area contributed by atoms with Crippen molar-refractivity contribution in [3.8, 4) is 0 Å². The van der Waals surface area contributed by atoms with Crippen LogP contribution in [0.15, 0.2) is 24.3 Å². The first-order valence-corrected chi connectivity index (χ1v) is 6.87. The van der Waals surface area contributed by atoms with E-state index in [0.717, 1.165) is 30.4 Å². The molecule has 0 bridgehead atoms. The molecule has 0 saturated heterocycles. The molecule has 19 heavy (non-hydrogen) atoms. The molecule has 0 atom stereocenters. The third kappa shape index (κ3) is 3.33. The molecular formula is C15H22N2O2. The highest BCUT2D eigenvalue weighted by Crippen LogP contribution is 2.29. The predicted octanol–water partition coefficient (Wildman–Crippen LogP) is 1.72. The van der Waals surface area contributed by atoms with E-state index >= 15 is 0 Å². The lowest BCUT2D eigenvalue weighted by atomic mass is 9.77. The van der Waals surface area contributed by atoms with Crippen LogP contribution < -0.4 is 11.1 Å². The van der Waals surface area contributed by atoms with E-state index in [0.29, 0.717) is 19.8 Å². The highest BCUT2D eigenvalue weighted by Gasteiger charge is 2.39. The van der Waals surface area contributed by atoms with Crippen molar-refractivity contribution >= 4 is 5.91 Å². The second-order valence-corrected chi connectivity index (χ2v) is 5.10. The van der Waals surface area contributed by atoms with Crippen LogP contribution in [-0.2, 0) is 22.7 Å². The van der Waals surface area contributed by atoms with Gasteiger partial charge in [0.15, 0.2) is 0 Å². The number of ether oxygens (including phenoxy) is 1. The summed E-state index contributed by atoms with van der Waals surface area (Å²) >= 11 is 0. The summed E-state index contributed by atoms with van der Waals surface area (Å²) in [6, 6.07) is 7.99. The van der Waals surface area contributed by atoms with Crippen LogP contribution in [-0.4, -0.2) is 18.1 Å². The second-order valence-electron chi connectivity index (χ2n) is 5.10. The van der Waals surface area contributed by atoms with Gasteiger partial charge in [-0.15, -0.1) is 0 Å². The molecule has 1 aliphatic carbocycles. The molecule has 1 saturated carbocycles. The minimum atomic E-state index is -0.630. The number of rotatable bonds is 6. The van der Waals surface area contributed by atoms with E-state index in [9.17, 15) is 4.79 Å². The van der Waals surface area contributed by atoms with Crippen molar-refractivity contribution < 1.29 is 9.53 Å². The van der Waals surface area contributed by atoms with Crippen molar-refractivity contribution in [3.05, 3.63) is 35.4 Å². The fourth-order valence-electron chi connectivity index (χ4n) is 2.22. The Morgan fingerprint density at radius 3 is 2.63 bits per heavy atom. The number of carbonyl (C=O) groups excluding carboxylic acids is 1. The Hall–Kier alpha value is -1.39. The van der Waals surface area contributed by atoms with E-state index in [1.807, 2.05) is 31.2 Å². The van der Waals surface area contributed by atoms with Crippen molar-refractivity contribution in [2.45, 2.75) is 44.9 Å². The van der Waals surface area contributed by atoms with Crippen molar-refractivity contribution in [1.82, 2.24) is 5.32 Å². The Kier molecular flexibility index (Phi) is 4.56. The third-order valence-corrected chi connectivity index (χ3v) is 3.72. The SMILES string of the molecule is CCOCc1ccccc1CNC(=O)C1(N)CCC1. The summed E-state index contributed by atoms with van der Waals surface area (Å²) in [6.45, 7) is 3.75. The largest absolute Gasteiger partial charge is 0.377 e. The smallest absolute Gasteiger partial charge is 0.240 e. The van der Waals surface area contributed by atoms with Crippen molar-refractivity contribution in [2.24, 2.45) is 5.73 Å². The van der Waals surface area contributed by atoms with Crippen LogP contribution in [0.3, 0.4) is 0 Å². The first-order valence-electron chi connectivity index (χ1n) is 6.87. The maximum atomic E-state index is 12.0. The Balaban J connectivity index is 1.93. The van der Waals surface area contributed by atoms with Crippen LogP contribution in [0.1, 0.15) is 37.3 Å². The number of hydrogen-bond donors (Lipinski definition) is 2. The van der Waals surface area contributed by atoms with E-state index < -0.39 is 5.54 Å². The Morgan fingerprint density at radius 1 is 1.37 bits per heavy atom. The Morgan fingerprint density at radius 2 is 2.05 bits per heavy atom. The molecule has 1 fully saturated rings. The van der Waals surface area contributed by atoms with Crippen molar-refractivity contribution in [1.29, 1.82) is 0 Å². The predicted molar refractivity (Wildman–Crippen MR) is 74.4 cm³/mol. The van der Waals surface area contributed by atoms with Gasteiger partial charge in [0.05, 0.1) is 12.1 Å². The summed E-state index contributed by atoms with van der Waals surface area (Å²) in [5, 5.41) is 2.94. The minimum absolute atomic E-state index is 0.0371. The third-order valence-electron chi connectivity index (χ3n) is 3.72. The normalized spacial score (nSPS) is 16.7. The number of nitrogens with two attached hydrogens (primary N) is 1. The lowest BCUT2D eigenvalue weighted by molar-refractivity contribution is -0.129. The highest BCUT2D eigenvalue weighted by atomic mass is 16.5. The molecule has 4 nitrogen and oxygen atoms in total. The molecule has 1 aromatic rings. The summed E-state index contributed by atoms with van der Waals surface area (Å²) < 4.78 is 5.43. The summed E-state index contributed by atoms with van der Waals surface area (Å²) in [5.74, 6) is -0.0371. The van der Waals surface area contributed by atoms with Gasteiger partial charge >= 0.3 is 0 Å². The van der Waals surface area contributed by atoms with E-state index in [4.69, 9.17) is 10.5 Å². The molecule has 0 spiro atoms. The Labute approximate surface area is 114 Å². The molecule has 0 aliphatic heterocycles. The number of benzene rings is 1. The monoisotopic (exact) mass is 262 g/mol. The number of carbonyl (C=O) groups is 1. The minimum Gasteiger partial charge on any atom is -0.377 e. The molecule has 0 unspecified atom stereocenters. The van der Waals surface area contributed by atoms with Gasteiger partial charge in [-0.05, 0) is 37.3 Å². The fraction of sp³-hybridized carbons (Fsp3) is 0.533. The molecule has 104 valence electrons. The van der Waals surface area contributed by atoms with Crippen LogP contribution in [0.5, 0.6) is 0 Å². The van der Waals surface area contributed by atoms with Crippen LogP contribution in [0.2, 0.25) is 0 Å². The standard InChI is InChI=1S/C15H22N2O2/c1-2-19-11-13-7-4-3-6-12(13)10-17-14(18)15(16)8-5-9-15/h3-4,6-7H,2,5,8-11,16H2,1H3,(H,17,18). The van der Waals surface area contributed by atoms with E-state index in [2.05, 4.69) is 5.32 Å². The molecule has 0 aromatic heterocycles.